The van der Waals surface area contributed by atoms with E-state index in [1.165, 1.54) is 12.8 Å². The molecule has 4 nitrogen and oxygen atoms in total. The summed E-state index contributed by atoms with van der Waals surface area (Å²) >= 11 is 0.995. The van der Waals surface area contributed by atoms with Crippen LogP contribution < -0.4 is 10.6 Å². The number of hydrogen-bond donors (Lipinski definition) is 2. The van der Waals surface area contributed by atoms with Gasteiger partial charge in [0.1, 0.15) is 11.6 Å². The molecule has 1 aliphatic carbocycles. The summed E-state index contributed by atoms with van der Waals surface area (Å²) in [6.45, 7) is 0.637. The second kappa shape index (κ2) is 7.05. The third-order valence-corrected chi connectivity index (χ3v) is 5.06. The minimum absolute atomic E-state index is 0.0366. The maximum absolute atomic E-state index is 13.7. The molecule has 23 heavy (non-hydrogen) atoms. The Hall–Kier alpha value is -1.34. The molecule has 0 spiro atoms. The first-order valence-electron chi connectivity index (χ1n) is 7.79. The van der Waals surface area contributed by atoms with Gasteiger partial charge in [0.15, 0.2) is 0 Å². The minimum Gasteiger partial charge on any atom is -0.378 e. The third kappa shape index (κ3) is 4.14. The van der Waals surface area contributed by atoms with Crippen molar-refractivity contribution in [2.45, 2.75) is 42.7 Å². The predicted molar refractivity (Wildman–Crippen MR) is 85.8 cm³/mol. The Morgan fingerprint density at radius 1 is 1.26 bits per heavy atom. The second-order valence-corrected chi connectivity index (χ2v) is 6.86. The molecule has 1 heterocycles. The number of halogens is 2. The molecule has 2 N–H and O–H groups in total. The molecule has 7 heteroatoms. The van der Waals surface area contributed by atoms with Crippen LogP contribution in [0.3, 0.4) is 0 Å². The van der Waals surface area contributed by atoms with E-state index in [1.54, 1.807) is 6.26 Å². The molecule has 0 aromatic heterocycles. The number of carbonyl (C=O) groups is 1. The summed E-state index contributed by atoms with van der Waals surface area (Å²) in [7, 11) is 0. The van der Waals surface area contributed by atoms with Crippen LogP contribution in [0.15, 0.2) is 17.0 Å². The van der Waals surface area contributed by atoms with Crippen molar-refractivity contribution in [3.63, 3.8) is 0 Å². The lowest BCUT2D eigenvalue weighted by Crippen LogP contribution is -2.44. The lowest BCUT2D eigenvalue weighted by molar-refractivity contribution is -0.00889. The Labute approximate surface area is 138 Å². The zero-order valence-corrected chi connectivity index (χ0v) is 13.7. The van der Waals surface area contributed by atoms with Crippen molar-refractivity contribution in [2.24, 2.45) is 5.92 Å². The van der Waals surface area contributed by atoms with Crippen molar-refractivity contribution < 1.29 is 18.3 Å². The van der Waals surface area contributed by atoms with Crippen LogP contribution in [0.2, 0.25) is 0 Å². The van der Waals surface area contributed by atoms with Gasteiger partial charge in [-0.05, 0) is 50.0 Å². The number of benzene rings is 1. The molecular weight excluding hydrogens is 322 g/mol. The largest absolute Gasteiger partial charge is 0.378 e. The summed E-state index contributed by atoms with van der Waals surface area (Å²) < 4.78 is 33.2. The fourth-order valence-corrected chi connectivity index (χ4v) is 3.44. The smallest absolute Gasteiger partial charge is 0.319 e. The molecule has 0 radical (unpaired) electrons. The van der Waals surface area contributed by atoms with Crippen molar-refractivity contribution in [3.05, 3.63) is 23.8 Å². The SMILES string of the molecule is CSc1c(F)cc(NC(=O)NC2CCOC(C3CC3)C2)cc1F. The highest BCUT2D eigenvalue weighted by atomic mass is 32.2. The van der Waals surface area contributed by atoms with Gasteiger partial charge in [-0.3, -0.25) is 0 Å². The number of urea groups is 1. The second-order valence-electron chi connectivity index (χ2n) is 6.04. The molecule has 3 rings (SSSR count). The Kier molecular flexibility index (Phi) is 5.06. The highest BCUT2D eigenvalue weighted by molar-refractivity contribution is 7.98. The predicted octanol–water partition coefficient (Wildman–Crippen LogP) is 3.77. The van der Waals surface area contributed by atoms with E-state index in [0.29, 0.717) is 12.5 Å². The average Bonchev–Trinajstić information content (AvgIpc) is 3.31. The van der Waals surface area contributed by atoms with E-state index in [9.17, 15) is 13.6 Å². The molecule has 2 aliphatic rings. The highest BCUT2D eigenvalue weighted by Gasteiger charge is 2.36. The fourth-order valence-electron chi connectivity index (χ4n) is 2.94. The lowest BCUT2D eigenvalue weighted by Gasteiger charge is -2.30. The quantitative estimate of drug-likeness (QED) is 0.819. The van der Waals surface area contributed by atoms with E-state index >= 15 is 0 Å². The normalized spacial score (nSPS) is 24.3. The van der Waals surface area contributed by atoms with Gasteiger partial charge in [-0.1, -0.05) is 0 Å². The fraction of sp³-hybridized carbons (Fsp3) is 0.562. The van der Waals surface area contributed by atoms with Crippen LogP contribution in [0, 0.1) is 17.6 Å². The molecular formula is C16H20F2N2O2S. The van der Waals surface area contributed by atoms with Gasteiger partial charge in [-0.2, -0.15) is 0 Å². The molecule has 1 aromatic carbocycles. The summed E-state index contributed by atoms with van der Waals surface area (Å²) in [5.74, 6) is -0.717. The van der Waals surface area contributed by atoms with Gasteiger partial charge in [-0.15, -0.1) is 11.8 Å². The van der Waals surface area contributed by atoms with Crippen LogP contribution in [0.5, 0.6) is 0 Å². The molecule has 1 saturated carbocycles. The van der Waals surface area contributed by atoms with Crippen molar-refractivity contribution >= 4 is 23.5 Å². The first kappa shape index (κ1) is 16.5. The number of rotatable bonds is 4. The Bertz CT molecular complexity index is 572. The highest BCUT2D eigenvalue weighted by Crippen LogP contribution is 2.38. The summed E-state index contributed by atoms with van der Waals surface area (Å²) in [5, 5.41) is 5.37. The lowest BCUT2D eigenvalue weighted by atomic mass is 10.0. The average molecular weight is 342 g/mol. The molecule has 2 atom stereocenters. The minimum atomic E-state index is -0.673. The van der Waals surface area contributed by atoms with E-state index in [-0.39, 0.29) is 22.7 Å². The number of thioether (sulfide) groups is 1. The van der Waals surface area contributed by atoms with E-state index in [2.05, 4.69) is 10.6 Å². The molecule has 1 saturated heterocycles. The molecule has 1 aliphatic heterocycles. The summed E-state index contributed by atoms with van der Waals surface area (Å²) in [6, 6.07) is 1.85. The number of anilines is 1. The molecule has 2 fully saturated rings. The summed E-state index contributed by atoms with van der Waals surface area (Å²) in [5.41, 5.74) is 0.112. The van der Waals surface area contributed by atoms with Gasteiger partial charge >= 0.3 is 6.03 Å². The molecule has 126 valence electrons. The van der Waals surface area contributed by atoms with Gasteiger partial charge in [0.25, 0.3) is 0 Å². The molecule has 0 bridgehead atoms. The standard InChI is InChI=1S/C16H20F2N2O2S/c1-23-15-12(17)6-11(7-13(15)18)20-16(21)19-10-4-5-22-14(8-10)9-2-3-9/h6-7,9-10,14H,2-5,8H2,1H3,(H2,19,20,21). The van der Waals surface area contributed by atoms with E-state index in [1.807, 2.05) is 0 Å². The van der Waals surface area contributed by atoms with Crippen LogP contribution >= 0.6 is 11.8 Å². The van der Waals surface area contributed by atoms with Crippen molar-refractivity contribution in [1.29, 1.82) is 0 Å². The first-order chi connectivity index (χ1) is 11.1. The number of amides is 2. The van der Waals surface area contributed by atoms with Crippen LogP contribution in [0.25, 0.3) is 0 Å². The molecule has 2 amide bonds. The zero-order chi connectivity index (χ0) is 16.4. The number of nitrogens with one attached hydrogen (secondary N) is 2. The maximum Gasteiger partial charge on any atom is 0.319 e. The summed E-state index contributed by atoms with van der Waals surface area (Å²) in [6.07, 6.45) is 5.78. The van der Waals surface area contributed by atoms with Gasteiger partial charge in [0.05, 0.1) is 11.0 Å². The topological polar surface area (TPSA) is 50.4 Å². The van der Waals surface area contributed by atoms with Crippen molar-refractivity contribution in [3.8, 4) is 0 Å². The monoisotopic (exact) mass is 342 g/mol. The number of carbonyl (C=O) groups excluding carboxylic acids is 1. The van der Waals surface area contributed by atoms with E-state index < -0.39 is 17.7 Å². The van der Waals surface area contributed by atoms with Crippen LogP contribution in [-0.2, 0) is 4.74 Å². The van der Waals surface area contributed by atoms with Crippen LogP contribution in [0.1, 0.15) is 25.7 Å². The molecule has 2 unspecified atom stereocenters. The van der Waals surface area contributed by atoms with Crippen LogP contribution in [-0.4, -0.2) is 31.0 Å². The van der Waals surface area contributed by atoms with E-state index in [0.717, 1.165) is 36.7 Å². The summed E-state index contributed by atoms with van der Waals surface area (Å²) in [4.78, 5) is 12.0. The number of hydrogen-bond acceptors (Lipinski definition) is 3. The van der Waals surface area contributed by atoms with Gasteiger partial charge in [0, 0.05) is 18.3 Å². The van der Waals surface area contributed by atoms with Crippen molar-refractivity contribution in [1.82, 2.24) is 5.32 Å². The van der Waals surface area contributed by atoms with Gasteiger partial charge < -0.3 is 15.4 Å². The third-order valence-electron chi connectivity index (χ3n) is 4.26. The Morgan fingerprint density at radius 2 is 1.96 bits per heavy atom. The van der Waals surface area contributed by atoms with Gasteiger partial charge in [0.2, 0.25) is 0 Å². The number of ether oxygens (including phenoxy) is 1. The van der Waals surface area contributed by atoms with Crippen LogP contribution in [0.4, 0.5) is 19.3 Å². The van der Waals surface area contributed by atoms with Gasteiger partial charge in [-0.25, -0.2) is 13.6 Å². The molecule has 1 aromatic rings. The first-order valence-corrected chi connectivity index (χ1v) is 9.01. The Morgan fingerprint density at radius 3 is 2.57 bits per heavy atom. The Balaban J connectivity index is 1.56. The van der Waals surface area contributed by atoms with Crippen molar-refractivity contribution in [2.75, 3.05) is 18.2 Å². The zero-order valence-electron chi connectivity index (χ0n) is 12.9. The maximum atomic E-state index is 13.7. The van der Waals surface area contributed by atoms with E-state index in [4.69, 9.17) is 4.74 Å².